The smallest absolute Gasteiger partial charge is 0.248 e. The van der Waals surface area contributed by atoms with Gasteiger partial charge in [-0.1, -0.05) is 29.8 Å². The highest BCUT2D eigenvalue weighted by molar-refractivity contribution is 5.92. The van der Waals surface area contributed by atoms with Crippen molar-refractivity contribution in [2.45, 2.75) is 20.4 Å². The molecule has 0 aliphatic rings. The van der Waals surface area contributed by atoms with Crippen LogP contribution in [-0.2, 0) is 6.54 Å². The van der Waals surface area contributed by atoms with Gasteiger partial charge in [0.1, 0.15) is 0 Å². The molecule has 0 unspecified atom stereocenters. The average molecular weight is 254 g/mol. The van der Waals surface area contributed by atoms with Crippen molar-refractivity contribution in [2.24, 2.45) is 5.73 Å². The third-order valence-corrected chi connectivity index (χ3v) is 3.10. The Hall–Kier alpha value is -2.29. The number of nitrogens with two attached hydrogens (primary N) is 1. The number of nitrogens with one attached hydrogen (secondary N) is 1. The van der Waals surface area contributed by atoms with E-state index in [9.17, 15) is 4.79 Å². The van der Waals surface area contributed by atoms with Crippen LogP contribution >= 0.6 is 0 Å². The van der Waals surface area contributed by atoms with E-state index < -0.39 is 5.91 Å². The SMILES string of the molecule is Cc1ccc(NCc2ccc(C(N)=O)cc2)c(C)c1. The van der Waals surface area contributed by atoms with Crippen LogP contribution in [0.3, 0.4) is 0 Å². The number of carbonyl (C=O) groups is 1. The Kier molecular flexibility index (Phi) is 3.85. The molecule has 19 heavy (non-hydrogen) atoms. The lowest BCUT2D eigenvalue weighted by atomic mass is 10.1. The van der Waals surface area contributed by atoms with E-state index in [0.717, 1.165) is 17.8 Å². The van der Waals surface area contributed by atoms with Crippen molar-refractivity contribution < 1.29 is 4.79 Å². The largest absolute Gasteiger partial charge is 0.381 e. The van der Waals surface area contributed by atoms with Crippen LogP contribution in [0.15, 0.2) is 42.5 Å². The Morgan fingerprint density at radius 1 is 1.11 bits per heavy atom. The number of hydrogen-bond donors (Lipinski definition) is 2. The fraction of sp³-hybridized carbons (Fsp3) is 0.188. The summed E-state index contributed by atoms with van der Waals surface area (Å²) in [6.07, 6.45) is 0. The van der Waals surface area contributed by atoms with Crippen LogP contribution in [0.1, 0.15) is 27.0 Å². The molecule has 2 rings (SSSR count). The maximum Gasteiger partial charge on any atom is 0.248 e. The summed E-state index contributed by atoms with van der Waals surface area (Å²) in [7, 11) is 0. The number of carbonyl (C=O) groups excluding carboxylic acids is 1. The second-order valence-corrected chi connectivity index (χ2v) is 4.73. The molecule has 1 amide bonds. The van der Waals surface area contributed by atoms with Crippen LogP contribution in [0.4, 0.5) is 5.69 Å². The molecule has 0 saturated heterocycles. The molecule has 0 bridgehead atoms. The Morgan fingerprint density at radius 2 is 1.79 bits per heavy atom. The van der Waals surface area contributed by atoms with Gasteiger partial charge in [0.2, 0.25) is 5.91 Å². The zero-order chi connectivity index (χ0) is 13.8. The minimum atomic E-state index is -0.395. The summed E-state index contributed by atoms with van der Waals surface area (Å²) < 4.78 is 0. The highest BCUT2D eigenvalue weighted by Crippen LogP contribution is 2.17. The summed E-state index contributed by atoms with van der Waals surface area (Å²) >= 11 is 0. The first-order chi connectivity index (χ1) is 9.06. The number of anilines is 1. The molecule has 2 aromatic carbocycles. The summed E-state index contributed by atoms with van der Waals surface area (Å²) in [5.74, 6) is -0.395. The normalized spacial score (nSPS) is 10.2. The fourth-order valence-electron chi connectivity index (χ4n) is 2.00. The summed E-state index contributed by atoms with van der Waals surface area (Å²) in [4.78, 5) is 11.0. The van der Waals surface area contributed by atoms with Gasteiger partial charge in [0.15, 0.2) is 0 Å². The summed E-state index contributed by atoms with van der Waals surface area (Å²) in [6.45, 7) is 4.90. The predicted molar refractivity (Wildman–Crippen MR) is 78.2 cm³/mol. The minimum Gasteiger partial charge on any atom is -0.381 e. The third-order valence-electron chi connectivity index (χ3n) is 3.10. The zero-order valence-electron chi connectivity index (χ0n) is 11.2. The van der Waals surface area contributed by atoms with Crippen LogP contribution in [-0.4, -0.2) is 5.91 Å². The van der Waals surface area contributed by atoms with E-state index in [1.54, 1.807) is 12.1 Å². The lowest BCUT2D eigenvalue weighted by Crippen LogP contribution is -2.10. The standard InChI is InChI=1S/C16H18N2O/c1-11-3-8-15(12(2)9-11)18-10-13-4-6-14(7-5-13)16(17)19/h3-9,18H,10H2,1-2H3,(H2,17,19). The molecule has 0 fully saturated rings. The van der Waals surface area contributed by atoms with Crippen molar-refractivity contribution in [3.8, 4) is 0 Å². The van der Waals surface area contributed by atoms with Crippen molar-refractivity contribution in [2.75, 3.05) is 5.32 Å². The molecule has 98 valence electrons. The quantitative estimate of drug-likeness (QED) is 0.881. The molecule has 3 heteroatoms. The van der Waals surface area contributed by atoms with Crippen LogP contribution < -0.4 is 11.1 Å². The number of primary amides is 1. The Balaban J connectivity index is 2.04. The lowest BCUT2D eigenvalue weighted by Gasteiger charge is -2.10. The second-order valence-electron chi connectivity index (χ2n) is 4.73. The van der Waals surface area contributed by atoms with Gasteiger partial charge in [-0.25, -0.2) is 0 Å². The molecule has 2 aromatic rings. The molecule has 0 saturated carbocycles. The van der Waals surface area contributed by atoms with Crippen molar-refractivity contribution in [3.63, 3.8) is 0 Å². The highest BCUT2D eigenvalue weighted by Gasteiger charge is 2.01. The third kappa shape index (κ3) is 3.35. The molecule has 3 N–H and O–H groups in total. The van der Waals surface area contributed by atoms with E-state index >= 15 is 0 Å². The first kappa shape index (κ1) is 13.1. The lowest BCUT2D eigenvalue weighted by molar-refractivity contribution is 0.100. The maximum absolute atomic E-state index is 11.0. The van der Waals surface area contributed by atoms with E-state index in [-0.39, 0.29) is 0 Å². The van der Waals surface area contributed by atoms with Crippen LogP contribution in [0.25, 0.3) is 0 Å². The van der Waals surface area contributed by atoms with E-state index in [4.69, 9.17) is 5.73 Å². The van der Waals surface area contributed by atoms with E-state index in [2.05, 4.69) is 37.4 Å². The zero-order valence-corrected chi connectivity index (χ0v) is 11.2. The maximum atomic E-state index is 11.0. The average Bonchev–Trinajstić information content (AvgIpc) is 2.38. The summed E-state index contributed by atoms with van der Waals surface area (Å²) in [5, 5.41) is 3.39. The predicted octanol–water partition coefficient (Wildman–Crippen LogP) is 3.01. The van der Waals surface area contributed by atoms with Crippen LogP contribution in [0.2, 0.25) is 0 Å². The van der Waals surface area contributed by atoms with Gasteiger partial charge in [-0.3, -0.25) is 4.79 Å². The van der Waals surface area contributed by atoms with E-state index in [1.807, 2.05) is 12.1 Å². The van der Waals surface area contributed by atoms with E-state index in [1.165, 1.54) is 11.1 Å². The first-order valence-corrected chi connectivity index (χ1v) is 6.26. The molecular formula is C16H18N2O. The highest BCUT2D eigenvalue weighted by atomic mass is 16.1. The van der Waals surface area contributed by atoms with Crippen molar-refractivity contribution in [3.05, 3.63) is 64.7 Å². The Labute approximate surface area is 113 Å². The number of aryl methyl sites for hydroxylation is 2. The number of benzene rings is 2. The molecule has 0 spiro atoms. The van der Waals surface area contributed by atoms with Crippen LogP contribution in [0.5, 0.6) is 0 Å². The van der Waals surface area contributed by atoms with Crippen molar-refractivity contribution in [1.82, 2.24) is 0 Å². The Bertz CT molecular complexity index is 588. The number of hydrogen-bond acceptors (Lipinski definition) is 2. The molecule has 3 nitrogen and oxygen atoms in total. The molecule has 0 radical (unpaired) electrons. The van der Waals surface area contributed by atoms with Gasteiger partial charge in [-0.2, -0.15) is 0 Å². The first-order valence-electron chi connectivity index (χ1n) is 6.26. The number of rotatable bonds is 4. The second kappa shape index (κ2) is 5.57. The van der Waals surface area contributed by atoms with Crippen molar-refractivity contribution >= 4 is 11.6 Å². The molecule has 0 atom stereocenters. The fourth-order valence-corrected chi connectivity index (χ4v) is 2.00. The monoisotopic (exact) mass is 254 g/mol. The van der Waals surface area contributed by atoms with E-state index in [0.29, 0.717) is 5.56 Å². The Morgan fingerprint density at radius 3 is 2.37 bits per heavy atom. The molecular weight excluding hydrogens is 236 g/mol. The summed E-state index contributed by atoms with van der Waals surface area (Å²) in [6, 6.07) is 13.7. The van der Waals surface area contributed by atoms with Gasteiger partial charge in [0.25, 0.3) is 0 Å². The van der Waals surface area contributed by atoms with Crippen LogP contribution in [0, 0.1) is 13.8 Å². The van der Waals surface area contributed by atoms with Gasteiger partial charge < -0.3 is 11.1 Å². The van der Waals surface area contributed by atoms with Gasteiger partial charge in [0, 0.05) is 17.8 Å². The summed E-state index contributed by atoms with van der Waals surface area (Å²) in [5.41, 5.74) is 10.5. The molecule has 0 heterocycles. The van der Waals surface area contributed by atoms with Gasteiger partial charge in [0.05, 0.1) is 0 Å². The minimum absolute atomic E-state index is 0.395. The number of amides is 1. The topological polar surface area (TPSA) is 55.1 Å². The molecule has 0 aliphatic carbocycles. The van der Waals surface area contributed by atoms with Gasteiger partial charge >= 0.3 is 0 Å². The van der Waals surface area contributed by atoms with Gasteiger partial charge in [-0.05, 0) is 43.2 Å². The van der Waals surface area contributed by atoms with Crippen molar-refractivity contribution in [1.29, 1.82) is 0 Å². The van der Waals surface area contributed by atoms with Gasteiger partial charge in [-0.15, -0.1) is 0 Å². The molecule has 0 aliphatic heterocycles. The molecule has 0 aromatic heterocycles.